The van der Waals surface area contributed by atoms with Crippen molar-refractivity contribution in [1.82, 2.24) is 9.88 Å². The molecule has 21 heavy (non-hydrogen) atoms. The molecule has 3 nitrogen and oxygen atoms in total. The molecule has 1 heterocycles. The van der Waals surface area contributed by atoms with Gasteiger partial charge in [0.15, 0.2) is 0 Å². The van der Waals surface area contributed by atoms with E-state index >= 15 is 0 Å². The summed E-state index contributed by atoms with van der Waals surface area (Å²) in [4.78, 5) is 0. The highest BCUT2D eigenvalue weighted by Crippen LogP contribution is 2.58. The summed E-state index contributed by atoms with van der Waals surface area (Å²) in [6, 6.07) is 5.05. The first kappa shape index (κ1) is 13.4. The lowest BCUT2D eigenvalue weighted by molar-refractivity contribution is 0.208. The molecule has 0 saturated heterocycles. The lowest BCUT2D eigenvalue weighted by atomic mass is 9.79. The molecule has 112 valence electrons. The Hall–Kier alpha value is -1.27. The molecule has 3 fully saturated rings. The van der Waals surface area contributed by atoms with Crippen molar-refractivity contribution >= 4 is 0 Å². The maximum atomic E-state index is 9.13. The number of nitrogens with one attached hydrogen (secondary N) is 1. The molecule has 5 unspecified atom stereocenters. The van der Waals surface area contributed by atoms with Gasteiger partial charge >= 0.3 is 0 Å². The molecule has 3 saturated carbocycles. The number of aromatic nitrogens is 1. The molecule has 1 aromatic heterocycles. The van der Waals surface area contributed by atoms with Crippen molar-refractivity contribution in [2.45, 2.75) is 51.6 Å². The fourth-order valence-electron chi connectivity index (χ4n) is 5.59. The minimum atomic E-state index is 0.722. The topological polar surface area (TPSA) is 40.8 Å². The van der Waals surface area contributed by atoms with Crippen molar-refractivity contribution in [3.63, 3.8) is 0 Å². The van der Waals surface area contributed by atoms with Gasteiger partial charge < -0.3 is 9.88 Å². The molecule has 3 aliphatic carbocycles. The van der Waals surface area contributed by atoms with Gasteiger partial charge in [-0.1, -0.05) is 6.42 Å². The molecule has 5 atom stereocenters. The van der Waals surface area contributed by atoms with E-state index in [2.05, 4.69) is 18.3 Å². The Kier molecular flexibility index (Phi) is 3.11. The molecular weight excluding hydrogens is 258 g/mol. The van der Waals surface area contributed by atoms with Crippen LogP contribution in [0.25, 0.3) is 0 Å². The van der Waals surface area contributed by atoms with Crippen LogP contribution in [0.1, 0.15) is 49.1 Å². The summed E-state index contributed by atoms with van der Waals surface area (Å²) in [7, 11) is 1.98. The molecule has 0 spiro atoms. The predicted octanol–water partition coefficient (Wildman–Crippen LogP) is 3.12. The van der Waals surface area contributed by atoms with Crippen LogP contribution in [-0.2, 0) is 13.6 Å². The van der Waals surface area contributed by atoms with Crippen LogP contribution in [0, 0.1) is 41.9 Å². The summed E-state index contributed by atoms with van der Waals surface area (Å²) >= 11 is 0. The van der Waals surface area contributed by atoms with Gasteiger partial charge in [0.05, 0.1) is 0 Å². The van der Waals surface area contributed by atoms with Crippen LogP contribution in [-0.4, -0.2) is 10.6 Å². The maximum Gasteiger partial charge on any atom is 0.120 e. The van der Waals surface area contributed by atoms with Gasteiger partial charge in [0.2, 0.25) is 0 Å². The predicted molar refractivity (Wildman–Crippen MR) is 82.5 cm³/mol. The maximum absolute atomic E-state index is 9.13. The van der Waals surface area contributed by atoms with Crippen LogP contribution in [0.3, 0.4) is 0 Å². The Balaban J connectivity index is 1.43. The number of nitriles is 1. The summed E-state index contributed by atoms with van der Waals surface area (Å²) in [6.45, 7) is 3.04. The third kappa shape index (κ3) is 1.96. The minimum Gasteiger partial charge on any atom is -0.340 e. The van der Waals surface area contributed by atoms with Crippen LogP contribution < -0.4 is 5.32 Å². The molecule has 0 aliphatic heterocycles. The number of fused-ring (bicyclic) bond motifs is 5. The number of nitrogens with zero attached hydrogens (tertiary/aromatic N) is 2. The zero-order valence-electron chi connectivity index (χ0n) is 13.1. The largest absolute Gasteiger partial charge is 0.340 e. The summed E-state index contributed by atoms with van der Waals surface area (Å²) in [5.41, 5.74) is 3.29. The smallest absolute Gasteiger partial charge is 0.120 e. The van der Waals surface area contributed by atoms with E-state index in [-0.39, 0.29) is 0 Å². The van der Waals surface area contributed by atoms with Gasteiger partial charge in [0, 0.05) is 25.3 Å². The molecule has 2 bridgehead atoms. The summed E-state index contributed by atoms with van der Waals surface area (Å²) in [5.74, 6) is 4.03. The summed E-state index contributed by atoms with van der Waals surface area (Å²) in [5, 5.41) is 13.0. The molecule has 1 aromatic rings. The summed E-state index contributed by atoms with van der Waals surface area (Å²) in [6.07, 6.45) is 7.32. The second-order valence-corrected chi connectivity index (χ2v) is 7.45. The van der Waals surface area contributed by atoms with Gasteiger partial charge in [-0.25, -0.2) is 0 Å². The highest BCUT2D eigenvalue weighted by atomic mass is 15.0. The highest BCUT2D eigenvalue weighted by Gasteiger charge is 2.53. The number of hydrogen-bond donors (Lipinski definition) is 1. The lowest BCUT2D eigenvalue weighted by Gasteiger charge is -2.32. The zero-order chi connectivity index (χ0) is 14.6. The fraction of sp³-hybridized carbons (Fsp3) is 0.722. The average molecular weight is 283 g/mol. The highest BCUT2D eigenvalue weighted by molar-refractivity contribution is 5.34. The number of hydrogen-bond acceptors (Lipinski definition) is 2. The van der Waals surface area contributed by atoms with E-state index in [1.807, 2.05) is 17.7 Å². The van der Waals surface area contributed by atoms with Crippen molar-refractivity contribution in [2.24, 2.45) is 30.7 Å². The van der Waals surface area contributed by atoms with E-state index in [9.17, 15) is 0 Å². The van der Waals surface area contributed by atoms with Crippen LogP contribution in [0.5, 0.6) is 0 Å². The second-order valence-electron chi connectivity index (χ2n) is 7.45. The normalized spacial score (nSPS) is 36.9. The first-order chi connectivity index (χ1) is 10.2. The van der Waals surface area contributed by atoms with Gasteiger partial charge in [-0.2, -0.15) is 5.26 Å². The van der Waals surface area contributed by atoms with Crippen molar-refractivity contribution in [3.05, 3.63) is 23.0 Å². The Morgan fingerprint density at radius 1 is 1.29 bits per heavy atom. The molecule has 1 N–H and O–H groups in total. The Morgan fingerprint density at radius 3 is 2.86 bits per heavy atom. The lowest BCUT2D eigenvalue weighted by Crippen LogP contribution is -2.38. The zero-order valence-corrected chi connectivity index (χ0v) is 13.1. The van der Waals surface area contributed by atoms with Gasteiger partial charge in [-0.3, -0.25) is 0 Å². The van der Waals surface area contributed by atoms with Crippen LogP contribution in [0.15, 0.2) is 6.07 Å². The van der Waals surface area contributed by atoms with Crippen molar-refractivity contribution in [1.29, 1.82) is 5.26 Å². The molecule has 0 amide bonds. The van der Waals surface area contributed by atoms with E-state index < -0.39 is 0 Å². The Bertz CT molecular complexity index is 594. The first-order valence-corrected chi connectivity index (χ1v) is 8.47. The van der Waals surface area contributed by atoms with Gasteiger partial charge in [-0.15, -0.1) is 0 Å². The van der Waals surface area contributed by atoms with Crippen LogP contribution in [0.2, 0.25) is 0 Å². The third-order valence-electron chi connectivity index (χ3n) is 6.74. The van der Waals surface area contributed by atoms with E-state index in [1.165, 1.54) is 43.4 Å². The molecule has 3 aliphatic rings. The fourth-order valence-corrected chi connectivity index (χ4v) is 5.59. The minimum absolute atomic E-state index is 0.722. The summed E-state index contributed by atoms with van der Waals surface area (Å²) < 4.78 is 2.00. The standard InChI is InChI=1S/C18H25N3/c1-11-13(6-14(9-19)21(11)2)10-20-18-8-12-7-17(18)16-5-3-4-15(12)16/h6,12,15-18,20H,3-5,7-8,10H2,1-2H3. The van der Waals surface area contributed by atoms with Crippen molar-refractivity contribution < 1.29 is 0 Å². The van der Waals surface area contributed by atoms with Gasteiger partial charge in [0.1, 0.15) is 11.8 Å². The molecule has 4 rings (SSSR count). The Labute approximate surface area is 127 Å². The SMILES string of the molecule is Cc1c(CNC2CC3CC2C2CCCC32)cc(C#N)n1C. The van der Waals surface area contributed by atoms with Gasteiger partial charge in [0.25, 0.3) is 0 Å². The van der Waals surface area contributed by atoms with E-state index in [0.717, 1.165) is 42.0 Å². The van der Waals surface area contributed by atoms with Crippen molar-refractivity contribution in [3.8, 4) is 6.07 Å². The van der Waals surface area contributed by atoms with E-state index in [0.29, 0.717) is 0 Å². The quantitative estimate of drug-likeness (QED) is 0.926. The molecule has 0 aromatic carbocycles. The van der Waals surface area contributed by atoms with E-state index in [4.69, 9.17) is 5.26 Å². The van der Waals surface area contributed by atoms with Crippen LogP contribution in [0.4, 0.5) is 0 Å². The monoisotopic (exact) mass is 283 g/mol. The number of rotatable bonds is 3. The molecule has 0 radical (unpaired) electrons. The molecular formula is C18H25N3. The molecule has 3 heteroatoms. The second kappa shape index (κ2) is 4.88. The average Bonchev–Trinajstić information content (AvgIpc) is 3.21. The van der Waals surface area contributed by atoms with Crippen molar-refractivity contribution in [2.75, 3.05) is 0 Å². The first-order valence-electron chi connectivity index (χ1n) is 8.47. The Morgan fingerprint density at radius 2 is 2.10 bits per heavy atom. The third-order valence-corrected chi connectivity index (χ3v) is 6.74. The van der Waals surface area contributed by atoms with E-state index in [1.54, 1.807) is 0 Å². The van der Waals surface area contributed by atoms with Crippen LogP contribution >= 0.6 is 0 Å². The van der Waals surface area contributed by atoms with Gasteiger partial charge in [-0.05, 0) is 67.9 Å².